The molecule has 1 saturated carbocycles. The van der Waals surface area contributed by atoms with Crippen LogP contribution in [0.15, 0.2) is 24.3 Å². The van der Waals surface area contributed by atoms with Gasteiger partial charge in [0.1, 0.15) is 0 Å². The number of benzene rings is 1. The summed E-state index contributed by atoms with van der Waals surface area (Å²) in [6.07, 6.45) is 2.74. The summed E-state index contributed by atoms with van der Waals surface area (Å²) in [5.41, 5.74) is 3.65. The van der Waals surface area contributed by atoms with Gasteiger partial charge in [-0.3, -0.25) is 0 Å². The summed E-state index contributed by atoms with van der Waals surface area (Å²) in [7, 11) is 0. The molecule has 0 aromatic heterocycles. The highest BCUT2D eigenvalue weighted by molar-refractivity contribution is 5.38. The third-order valence-electron chi connectivity index (χ3n) is 4.50. The third-order valence-corrected chi connectivity index (χ3v) is 4.50. The Morgan fingerprint density at radius 2 is 2.25 bits per heavy atom. The van der Waals surface area contributed by atoms with Crippen molar-refractivity contribution in [1.29, 1.82) is 0 Å². The standard InChI is InChI=1S/C15H21N/c1-11(2)12-4-3-5-13(8-12)15-6-7-16-10-14(15)9-15/h3-5,8,11,14,16H,6-7,9-10H2,1-2H3. The smallest absolute Gasteiger partial charge is 0.000922 e. The Hall–Kier alpha value is -0.820. The van der Waals surface area contributed by atoms with Crippen molar-refractivity contribution in [2.75, 3.05) is 13.1 Å². The van der Waals surface area contributed by atoms with Gasteiger partial charge in [-0.25, -0.2) is 0 Å². The third kappa shape index (κ3) is 1.49. The van der Waals surface area contributed by atoms with Crippen molar-refractivity contribution < 1.29 is 0 Å². The van der Waals surface area contributed by atoms with Crippen LogP contribution in [0.25, 0.3) is 0 Å². The highest BCUT2D eigenvalue weighted by Crippen LogP contribution is 2.57. The lowest BCUT2D eigenvalue weighted by Gasteiger charge is -2.24. The lowest BCUT2D eigenvalue weighted by molar-refractivity contribution is 0.445. The Balaban J connectivity index is 1.92. The Kier molecular flexibility index (Phi) is 2.32. The van der Waals surface area contributed by atoms with E-state index >= 15 is 0 Å². The molecular weight excluding hydrogens is 194 g/mol. The summed E-state index contributed by atoms with van der Waals surface area (Å²) < 4.78 is 0. The van der Waals surface area contributed by atoms with Crippen molar-refractivity contribution in [1.82, 2.24) is 5.32 Å². The van der Waals surface area contributed by atoms with Crippen LogP contribution in [0, 0.1) is 5.92 Å². The minimum atomic E-state index is 0.552. The number of rotatable bonds is 2. The van der Waals surface area contributed by atoms with E-state index in [0.717, 1.165) is 5.92 Å². The zero-order valence-corrected chi connectivity index (χ0v) is 10.3. The number of piperidine rings is 1. The molecule has 2 unspecified atom stereocenters. The van der Waals surface area contributed by atoms with E-state index < -0.39 is 0 Å². The first kappa shape index (κ1) is 10.3. The number of hydrogen-bond donors (Lipinski definition) is 1. The van der Waals surface area contributed by atoms with Crippen molar-refractivity contribution in [2.24, 2.45) is 5.92 Å². The Morgan fingerprint density at radius 3 is 3.00 bits per heavy atom. The normalized spacial score (nSPS) is 32.6. The molecule has 0 amide bonds. The largest absolute Gasteiger partial charge is 0.316 e. The average Bonchev–Trinajstić information content (AvgIpc) is 3.05. The molecule has 1 saturated heterocycles. The fourth-order valence-corrected chi connectivity index (χ4v) is 3.25. The number of fused-ring (bicyclic) bond motifs is 1. The lowest BCUT2D eigenvalue weighted by Crippen LogP contribution is -2.31. The number of hydrogen-bond acceptors (Lipinski definition) is 1. The molecule has 2 aliphatic rings. The Labute approximate surface area is 98.3 Å². The number of nitrogens with one attached hydrogen (secondary N) is 1. The first-order chi connectivity index (χ1) is 7.72. The van der Waals surface area contributed by atoms with Crippen LogP contribution in [0.1, 0.15) is 43.7 Å². The van der Waals surface area contributed by atoms with Crippen LogP contribution in [0.3, 0.4) is 0 Å². The molecule has 16 heavy (non-hydrogen) atoms. The van der Waals surface area contributed by atoms with Gasteiger partial charge in [0.05, 0.1) is 0 Å². The van der Waals surface area contributed by atoms with E-state index in [-0.39, 0.29) is 0 Å². The molecule has 2 fully saturated rings. The molecule has 1 aromatic carbocycles. The van der Waals surface area contributed by atoms with Crippen LogP contribution in [0.4, 0.5) is 0 Å². The molecule has 1 heteroatoms. The fourth-order valence-electron chi connectivity index (χ4n) is 3.25. The molecule has 0 bridgehead atoms. The monoisotopic (exact) mass is 215 g/mol. The Bertz CT molecular complexity index is 396. The quantitative estimate of drug-likeness (QED) is 0.799. The van der Waals surface area contributed by atoms with Gasteiger partial charge in [0.25, 0.3) is 0 Å². The van der Waals surface area contributed by atoms with Crippen LogP contribution >= 0.6 is 0 Å². The summed E-state index contributed by atoms with van der Waals surface area (Å²) >= 11 is 0. The second-order valence-corrected chi connectivity index (χ2v) is 5.79. The minimum Gasteiger partial charge on any atom is -0.316 e. The highest BCUT2D eigenvalue weighted by atomic mass is 14.9. The lowest BCUT2D eigenvalue weighted by atomic mass is 9.86. The van der Waals surface area contributed by atoms with Gasteiger partial charge in [0.2, 0.25) is 0 Å². The van der Waals surface area contributed by atoms with Crippen LogP contribution in [-0.2, 0) is 5.41 Å². The molecule has 1 heterocycles. The first-order valence-corrected chi connectivity index (χ1v) is 6.53. The van der Waals surface area contributed by atoms with Crippen LogP contribution in [0.5, 0.6) is 0 Å². The second kappa shape index (κ2) is 3.59. The molecule has 1 aliphatic heterocycles. The van der Waals surface area contributed by atoms with E-state index in [2.05, 4.69) is 43.4 Å². The van der Waals surface area contributed by atoms with Gasteiger partial charge in [0, 0.05) is 5.41 Å². The zero-order valence-electron chi connectivity index (χ0n) is 10.3. The maximum Gasteiger partial charge on any atom is 0.000922 e. The molecule has 1 nitrogen and oxygen atoms in total. The summed E-state index contributed by atoms with van der Waals surface area (Å²) in [6, 6.07) is 9.31. The first-order valence-electron chi connectivity index (χ1n) is 6.53. The van der Waals surface area contributed by atoms with Crippen molar-refractivity contribution in [2.45, 2.75) is 38.0 Å². The van der Waals surface area contributed by atoms with E-state index in [1.165, 1.54) is 31.5 Å². The predicted octanol–water partition coefficient (Wildman–Crippen LogP) is 3.06. The topological polar surface area (TPSA) is 12.0 Å². The molecule has 1 N–H and O–H groups in total. The molecule has 86 valence electrons. The summed E-state index contributed by atoms with van der Waals surface area (Å²) in [5, 5.41) is 3.51. The van der Waals surface area contributed by atoms with Gasteiger partial charge >= 0.3 is 0 Å². The maximum absolute atomic E-state index is 3.51. The molecule has 3 rings (SSSR count). The van der Waals surface area contributed by atoms with E-state index in [1.807, 2.05) is 0 Å². The van der Waals surface area contributed by atoms with Gasteiger partial charge in [-0.15, -0.1) is 0 Å². The molecule has 0 radical (unpaired) electrons. The van der Waals surface area contributed by atoms with E-state index in [0.29, 0.717) is 11.3 Å². The minimum absolute atomic E-state index is 0.552. The second-order valence-electron chi connectivity index (χ2n) is 5.79. The van der Waals surface area contributed by atoms with Crippen molar-refractivity contribution in [3.63, 3.8) is 0 Å². The summed E-state index contributed by atoms with van der Waals surface area (Å²) in [6.45, 7) is 6.99. The Morgan fingerprint density at radius 1 is 1.38 bits per heavy atom. The maximum atomic E-state index is 3.51. The zero-order chi connectivity index (χ0) is 11.2. The van der Waals surface area contributed by atoms with Crippen molar-refractivity contribution >= 4 is 0 Å². The van der Waals surface area contributed by atoms with Gasteiger partial charge in [-0.2, -0.15) is 0 Å². The highest BCUT2D eigenvalue weighted by Gasteiger charge is 2.55. The fraction of sp³-hybridized carbons (Fsp3) is 0.600. The molecule has 1 aliphatic carbocycles. The molecule has 1 aromatic rings. The molecule has 0 spiro atoms. The van der Waals surface area contributed by atoms with E-state index in [4.69, 9.17) is 0 Å². The predicted molar refractivity (Wildman–Crippen MR) is 67.8 cm³/mol. The van der Waals surface area contributed by atoms with Crippen molar-refractivity contribution in [3.05, 3.63) is 35.4 Å². The van der Waals surface area contributed by atoms with Crippen LogP contribution in [-0.4, -0.2) is 13.1 Å². The van der Waals surface area contributed by atoms with Gasteiger partial charge < -0.3 is 5.32 Å². The SMILES string of the molecule is CC(C)c1cccc(C23CCNCC2C3)c1. The summed E-state index contributed by atoms with van der Waals surface area (Å²) in [5.74, 6) is 1.55. The summed E-state index contributed by atoms with van der Waals surface area (Å²) in [4.78, 5) is 0. The average molecular weight is 215 g/mol. The van der Waals surface area contributed by atoms with Crippen LogP contribution < -0.4 is 5.32 Å². The van der Waals surface area contributed by atoms with Crippen molar-refractivity contribution in [3.8, 4) is 0 Å². The van der Waals surface area contributed by atoms with Gasteiger partial charge in [-0.1, -0.05) is 38.1 Å². The van der Waals surface area contributed by atoms with Crippen LogP contribution in [0.2, 0.25) is 0 Å². The van der Waals surface area contributed by atoms with Gasteiger partial charge in [0.15, 0.2) is 0 Å². The van der Waals surface area contributed by atoms with E-state index in [9.17, 15) is 0 Å². The van der Waals surface area contributed by atoms with Gasteiger partial charge in [-0.05, 0) is 48.9 Å². The molecular formula is C15H21N. The molecule has 2 atom stereocenters. The van der Waals surface area contributed by atoms with E-state index in [1.54, 1.807) is 5.56 Å².